The molecule has 3 aromatic rings. The molecule has 0 aliphatic rings. The Hall–Kier alpha value is -4.47. The Morgan fingerprint density at radius 2 is 1.82 bits per heavy atom. The first-order valence-electron chi connectivity index (χ1n) is 10.1. The first-order chi connectivity index (χ1) is 16.3. The third-order valence-electron chi connectivity index (χ3n) is 4.69. The molecule has 9 nitrogen and oxygen atoms in total. The van der Waals surface area contributed by atoms with Crippen molar-refractivity contribution in [1.29, 1.82) is 0 Å². The standard InChI is InChI=1S/C24H21FN2O7/c1-15(23(28)26-21-13-19(27(30)31)10-11-22(21)32-2)34-24(29)17-4-3-5-20(12-17)33-14-16-6-8-18(25)9-7-16/h3-13,15H,14H2,1-2H3,(H,26,28). The number of non-ortho nitro benzene ring substituents is 1. The van der Waals surface area contributed by atoms with Gasteiger partial charge in [0.1, 0.15) is 23.9 Å². The fourth-order valence-corrected chi connectivity index (χ4v) is 2.88. The maximum Gasteiger partial charge on any atom is 0.339 e. The largest absolute Gasteiger partial charge is 0.495 e. The van der Waals surface area contributed by atoms with Crippen molar-refractivity contribution in [2.24, 2.45) is 0 Å². The molecule has 10 heteroatoms. The van der Waals surface area contributed by atoms with Crippen LogP contribution in [0.1, 0.15) is 22.8 Å². The van der Waals surface area contributed by atoms with Gasteiger partial charge in [0.05, 0.1) is 23.3 Å². The Morgan fingerprint density at radius 1 is 1.09 bits per heavy atom. The molecule has 1 amide bonds. The van der Waals surface area contributed by atoms with Gasteiger partial charge in [-0.3, -0.25) is 14.9 Å². The molecule has 0 saturated carbocycles. The molecule has 0 heterocycles. The third kappa shape index (κ3) is 6.28. The van der Waals surface area contributed by atoms with Gasteiger partial charge in [-0.15, -0.1) is 0 Å². The van der Waals surface area contributed by atoms with Crippen LogP contribution in [0.2, 0.25) is 0 Å². The Morgan fingerprint density at radius 3 is 2.50 bits per heavy atom. The summed E-state index contributed by atoms with van der Waals surface area (Å²) in [5.74, 6) is -1.21. The summed E-state index contributed by atoms with van der Waals surface area (Å²) in [6.07, 6.45) is -1.21. The normalized spacial score (nSPS) is 11.3. The average molecular weight is 468 g/mol. The summed E-state index contributed by atoms with van der Waals surface area (Å²) in [5, 5.41) is 13.5. The van der Waals surface area contributed by atoms with Gasteiger partial charge in [0.15, 0.2) is 6.10 Å². The van der Waals surface area contributed by atoms with E-state index in [1.807, 2.05) is 0 Å². The number of nitro benzene ring substituents is 1. The predicted octanol–water partition coefficient (Wildman–Crippen LogP) is 4.51. The second kappa shape index (κ2) is 10.9. The van der Waals surface area contributed by atoms with Crippen LogP contribution < -0.4 is 14.8 Å². The molecule has 3 rings (SSSR count). The maximum absolute atomic E-state index is 13.0. The van der Waals surface area contributed by atoms with Crippen molar-refractivity contribution in [3.63, 3.8) is 0 Å². The van der Waals surface area contributed by atoms with Crippen LogP contribution in [-0.4, -0.2) is 30.0 Å². The molecule has 0 aliphatic heterocycles. The molecule has 3 aromatic carbocycles. The van der Waals surface area contributed by atoms with Crippen LogP contribution in [0.25, 0.3) is 0 Å². The number of halogens is 1. The number of nitrogens with zero attached hydrogens (tertiary/aromatic N) is 1. The number of hydrogen-bond acceptors (Lipinski definition) is 7. The number of esters is 1. The van der Waals surface area contributed by atoms with Crippen molar-refractivity contribution in [3.8, 4) is 11.5 Å². The molecule has 0 spiro atoms. The number of rotatable bonds is 9. The lowest BCUT2D eigenvalue weighted by Crippen LogP contribution is -2.30. The summed E-state index contributed by atoms with van der Waals surface area (Å²) in [6, 6.07) is 15.7. The van der Waals surface area contributed by atoms with Gasteiger partial charge in [-0.2, -0.15) is 0 Å². The van der Waals surface area contributed by atoms with E-state index in [1.54, 1.807) is 24.3 Å². The van der Waals surface area contributed by atoms with E-state index in [1.165, 1.54) is 50.4 Å². The summed E-state index contributed by atoms with van der Waals surface area (Å²) in [4.78, 5) is 35.4. The number of hydrogen-bond donors (Lipinski definition) is 1. The highest BCUT2D eigenvalue weighted by atomic mass is 19.1. The highest BCUT2D eigenvalue weighted by Gasteiger charge is 2.22. The van der Waals surface area contributed by atoms with E-state index in [2.05, 4.69) is 5.32 Å². The van der Waals surface area contributed by atoms with Gasteiger partial charge >= 0.3 is 5.97 Å². The number of methoxy groups -OCH3 is 1. The number of ether oxygens (including phenoxy) is 3. The van der Waals surface area contributed by atoms with Crippen LogP contribution in [0.3, 0.4) is 0 Å². The molecule has 1 unspecified atom stereocenters. The minimum atomic E-state index is -1.21. The van der Waals surface area contributed by atoms with Gasteiger partial charge in [-0.25, -0.2) is 9.18 Å². The van der Waals surface area contributed by atoms with E-state index in [-0.39, 0.29) is 35.1 Å². The first-order valence-corrected chi connectivity index (χ1v) is 10.1. The zero-order chi connectivity index (χ0) is 24.7. The average Bonchev–Trinajstić information content (AvgIpc) is 2.83. The number of benzene rings is 3. The second-order valence-corrected chi connectivity index (χ2v) is 7.12. The van der Waals surface area contributed by atoms with Gasteiger partial charge in [0.2, 0.25) is 0 Å². The Labute approximate surface area is 194 Å². The van der Waals surface area contributed by atoms with E-state index in [0.29, 0.717) is 5.75 Å². The maximum atomic E-state index is 13.0. The van der Waals surface area contributed by atoms with Gasteiger partial charge in [0.25, 0.3) is 11.6 Å². The molecule has 0 bridgehead atoms. The van der Waals surface area contributed by atoms with Gasteiger partial charge in [0, 0.05) is 12.1 Å². The molecule has 34 heavy (non-hydrogen) atoms. The van der Waals surface area contributed by atoms with Gasteiger partial charge < -0.3 is 19.5 Å². The van der Waals surface area contributed by atoms with Crippen molar-refractivity contribution in [3.05, 3.63) is 93.8 Å². The fourth-order valence-electron chi connectivity index (χ4n) is 2.88. The molecule has 0 radical (unpaired) electrons. The van der Waals surface area contributed by atoms with Crippen LogP contribution in [0.5, 0.6) is 11.5 Å². The van der Waals surface area contributed by atoms with Crippen LogP contribution in [-0.2, 0) is 16.1 Å². The summed E-state index contributed by atoms with van der Waals surface area (Å²) < 4.78 is 29.0. The lowest BCUT2D eigenvalue weighted by atomic mass is 10.2. The fraction of sp³-hybridized carbons (Fsp3) is 0.167. The zero-order valence-electron chi connectivity index (χ0n) is 18.3. The molecule has 0 aliphatic carbocycles. The molecular weight excluding hydrogens is 447 g/mol. The number of nitro groups is 1. The van der Waals surface area contributed by atoms with E-state index in [0.717, 1.165) is 11.6 Å². The van der Waals surface area contributed by atoms with Gasteiger partial charge in [-0.05, 0) is 48.9 Å². The number of amides is 1. The Bertz CT molecular complexity index is 1200. The van der Waals surface area contributed by atoms with E-state index < -0.39 is 22.9 Å². The molecule has 0 fully saturated rings. The van der Waals surface area contributed by atoms with Crippen molar-refractivity contribution < 1.29 is 33.1 Å². The van der Waals surface area contributed by atoms with E-state index in [4.69, 9.17) is 14.2 Å². The smallest absolute Gasteiger partial charge is 0.339 e. The zero-order valence-corrected chi connectivity index (χ0v) is 18.3. The molecule has 176 valence electrons. The van der Waals surface area contributed by atoms with Crippen LogP contribution in [0.15, 0.2) is 66.7 Å². The van der Waals surface area contributed by atoms with Crippen LogP contribution in [0.4, 0.5) is 15.8 Å². The van der Waals surface area contributed by atoms with Crippen molar-refractivity contribution >= 4 is 23.3 Å². The molecule has 0 aromatic heterocycles. The minimum absolute atomic E-state index is 0.0702. The third-order valence-corrected chi connectivity index (χ3v) is 4.69. The second-order valence-electron chi connectivity index (χ2n) is 7.12. The van der Waals surface area contributed by atoms with Crippen LogP contribution >= 0.6 is 0 Å². The quantitative estimate of drug-likeness (QED) is 0.279. The minimum Gasteiger partial charge on any atom is -0.495 e. The van der Waals surface area contributed by atoms with Crippen LogP contribution in [0, 0.1) is 15.9 Å². The first kappa shape index (κ1) is 24.2. The Balaban J connectivity index is 1.62. The van der Waals surface area contributed by atoms with E-state index in [9.17, 15) is 24.1 Å². The SMILES string of the molecule is COc1ccc([N+](=O)[O-])cc1NC(=O)C(C)OC(=O)c1cccc(OCc2ccc(F)cc2)c1. The summed E-state index contributed by atoms with van der Waals surface area (Å²) in [5.41, 5.74) is 0.736. The molecule has 1 atom stereocenters. The predicted molar refractivity (Wildman–Crippen MR) is 120 cm³/mol. The molecular formula is C24H21FN2O7. The lowest BCUT2D eigenvalue weighted by Gasteiger charge is -2.15. The Kier molecular flexibility index (Phi) is 7.75. The summed E-state index contributed by atoms with van der Waals surface area (Å²) in [6.45, 7) is 1.54. The highest BCUT2D eigenvalue weighted by Crippen LogP contribution is 2.29. The molecule has 0 saturated heterocycles. The number of carbonyl (C=O) groups excluding carboxylic acids is 2. The number of nitrogens with one attached hydrogen (secondary N) is 1. The monoisotopic (exact) mass is 468 g/mol. The summed E-state index contributed by atoms with van der Waals surface area (Å²) in [7, 11) is 1.35. The van der Waals surface area contributed by atoms with Crippen molar-refractivity contribution in [2.75, 3.05) is 12.4 Å². The van der Waals surface area contributed by atoms with Crippen molar-refractivity contribution in [2.45, 2.75) is 19.6 Å². The van der Waals surface area contributed by atoms with Gasteiger partial charge in [-0.1, -0.05) is 18.2 Å². The van der Waals surface area contributed by atoms with E-state index >= 15 is 0 Å². The summed E-state index contributed by atoms with van der Waals surface area (Å²) >= 11 is 0. The number of anilines is 1. The lowest BCUT2D eigenvalue weighted by molar-refractivity contribution is -0.384. The topological polar surface area (TPSA) is 117 Å². The van der Waals surface area contributed by atoms with Crippen molar-refractivity contribution in [1.82, 2.24) is 0 Å². The number of carbonyl (C=O) groups is 2. The molecule has 1 N–H and O–H groups in total. The highest BCUT2D eigenvalue weighted by molar-refractivity contribution is 5.98.